The number of sulfonamides is 1. The van der Waals surface area contributed by atoms with Crippen LogP contribution >= 0.6 is 23.4 Å². The van der Waals surface area contributed by atoms with Crippen molar-refractivity contribution in [1.82, 2.24) is 0 Å². The molecular weight excluding hydrogens is 480 g/mol. The van der Waals surface area contributed by atoms with Crippen LogP contribution in [0.1, 0.15) is 11.1 Å². The molecular formula is C24H25ClN2O4S2. The number of benzene rings is 3. The Balaban J connectivity index is 1.72. The molecule has 6 nitrogen and oxygen atoms in total. The smallest absolute Gasteiger partial charge is 0.245 e. The highest BCUT2D eigenvalue weighted by atomic mass is 35.5. The van der Waals surface area contributed by atoms with Gasteiger partial charge in [-0.05, 0) is 54.4 Å². The van der Waals surface area contributed by atoms with E-state index in [1.54, 1.807) is 23.9 Å². The largest absolute Gasteiger partial charge is 0.495 e. The first kappa shape index (κ1) is 25.0. The number of halogens is 1. The summed E-state index contributed by atoms with van der Waals surface area (Å²) >= 11 is 7.79. The lowest BCUT2D eigenvalue weighted by Crippen LogP contribution is -2.37. The predicted molar refractivity (Wildman–Crippen MR) is 136 cm³/mol. The minimum atomic E-state index is -3.77. The van der Waals surface area contributed by atoms with E-state index in [9.17, 15) is 13.2 Å². The molecule has 0 heterocycles. The third-order valence-electron chi connectivity index (χ3n) is 4.81. The Morgan fingerprint density at radius 3 is 2.45 bits per heavy atom. The van der Waals surface area contributed by atoms with Gasteiger partial charge < -0.3 is 10.1 Å². The summed E-state index contributed by atoms with van der Waals surface area (Å²) in [6, 6.07) is 20.5. The molecule has 0 fully saturated rings. The molecule has 0 aliphatic carbocycles. The van der Waals surface area contributed by atoms with Crippen molar-refractivity contribution in [2.75, 3.05) is 29.5 Å². The molecule has 9 heteroatoms. The Morgan fingerprint density at radius 2 is 1.82 bits per heavy atom. The van der Waals surface area contributed by atoms with Gasteiger partial charge in [0.1, 0.15) is 12.3 Å². The fraction of sp³-hybridized carbons (Fsp3) is 0.208. The van der Waals surface area contributed by atoms with E-state index in [-0.39, 0.29) is 5.69 Å². The van der Waals surface area contributed by atoms with E-state index < -0.39 is 22.5 Å². The molecule has 1 N–H and O–H groups in total. The van der Waals surface area contributed by atoms with Gasteiger partial charge in [-0.1, -0.05) is 41.9 Å². The van der Waals surface area contributed by atoms with E-state index in [0.29, 0.717) is 16.5 Å². The second-order valence-electron chi connectivity index (χ2n) is 7.38. The summed E-state index contributed by atoms with van der Waals surface area (Å²) in [5, 5.41) is 3.14. The number of ether oxygens (including phenoxy) is 1. The summed E-state index contributed by atoms with van der Waals surface area (Å²) in [7, 11) is -2.35. The number of carbonyl (C=O) groups excluding carboxylic acids is 1. The lowest BCUT2D eigenvalue weighted by Gasteiger charge is -2.24. The van der Waals surface area contributed by atoms with Crippen LogP contribution in [0.4, 0.5) is 11.4 Å². The van der Waals surface area contributed by atoms with Gasteiger partial charge in [0.2, 0.25) is 15.9 Å². The Hall–Kier alpha value is -2.68. The molecule has 0 aromatic heterocycles. The Kier molecular flexibility index (Phi) is 8.29. The number of rotatable bonds is 9. The Labute approximate surface area is 204 Å². The van der Waals surface area contributed by atoms with E-state index in [1.807, 2.05) is 43.3 Å². The fourth-order valence-electron chi connectivity index (χ4n) is 3.20. The van der Waals surface area contributed by atoms with Gasteiger partial charge in [-0.2, -0.15) is 0 Å². The number of nitrogens with one attached hydrogen (secondary N) is 1. The number of thioether (sulfide) groups is 1. The van der Waals surface area contributed by atoms with Gasteiger partial charge in [-0.15, -0.1) is 11.8 Å². The average molecular weight is 505 g/mol. The zero-order chi connectivity index (χ0) is 24.0. The van der Waals surface area contributed by atoms with Gasteiger partial charge in [0, 0.05) is 21.4 Å². The quantitative estimate of drug-likeness (QED) is 0.397. The molecule has 1 amide bonds. The Morgan fingerprint density at radius 1 is 1.09 bits per heavy atom. The zero-order valence-corrected chi connectivity index (χ0v) is 20.9. The van der Waals surface area contributed by atoms with Gasteiger partial charge in [0.15, 0.2) is 0 Å². The first-order chi connectivity index (χ1) is 15.7. The van der Waals surface area contributed by atoms with Crippen LogP contribution in [-0.4, -0.2) is 34.2 Å². The van der Waals surface area contributed by atoms with Gasteiger partial charge in [-0.3, -0.25) is 9.10 Å². The molecule has 0 atom stereocenters. The molecule has 0 bridgehead atoms. The minimum Gasteiger partial charge on any atom is -0.495 e. The maximum Gasteiger partial charge on any atom is 0.245 e. The number of hydrogen-bond donors (Lipinski definition) is 1. The second kappa shape index (κ2) is 11.0. The molecule has 0 saturated carbocycles. The van der Waals surface area contributed by atoms with Gasteiger partial charge >= 0.3 is 0 Å². The van der Waals surface area contributed by atoms with E-state index in [2.05, 4.69) is 17.4 Å². The zero-order valence-electron chi connectivity index (χ0n) is 18.5. The SMILES string of the molecule is COc1ccc(Cl)cc1N(CC(=O)Nc1ccc(CSc2ccccc2)cc1C)S(C)(=O)=O. The maximum atomic E-state index is 12.8. The molecule has 0 aliphatic rings. The molecule has 0 aliphatic heterocycles. The highest BCUT2D eigenvalue weighted by molar-refractivity contribution is 7.98. The third kappa shape index (κ3) is 6.90. The summed E-state index contributed by atoms with van der Waals surface area (Å²) in [4.78, 5) is 14.0. The summed E-state index contributed by atoms with van der Waals surface area (Å²) in [6.45, 7) is 1.49. The van der Waals surface area contributed by atoms with E-state index >= 15 is 0 Å². The van der Waals surface area contributed by atoms with E-state index in [1.165, 1.54) is 18.1 Å². The lowest BCUT2D eigenvalue weighted by molar-refractivity contribution is -0.114. The molecule has 0 spiro atoms. The van der Waals surface area contributed by atoms with Crippen LogP contribution in [0.3, 0.4) is 0 Å². The Bertz CT molecular complexity index is 1230. The van der Waals surface area contributed by atoms with Crippen LogP contribution in [0.25, 0.3) is 0 Å². The normalized spacial score (nSPS) is 11.2. The van der Waals surface area contributed by atoms with Gasteiger partial charge in [0.25, 0.3) is 0 Å². The first-order valence-electron chi connectivity index (χ1n) is 10.1. The number of aryl methyl sites for hydroxylation is 1. The van der Waals surface area contributed by atoms with Crippen molar-refractivity contribution in [2.24, 2.45) is 0 Å². The number of hydrogen-bond acceptors (Lipinski definition) is 5. The maximum absolute atomic E-state index is 12.8. The van der Waals surface area contributed by atoms with Crippen molar-refractivity contribution in [3.63, 3.8) is 0 Å². The van der Waals surface area contributed by atoms with Crippen LogP contribution in [0, 0.1) is 6.92 Å². The number of anilines is 2. The monoisotopic (exact) mass is 504 g/mol. The summed E-state index contributed by atoms with van der Waals surface area (Å²) in [6.07, 6.45) is 1.03. The number of carbonyl (C=O) groups is 1. The second-order valence-corrected chi connectivity index (χ2v) is 10.8. The van der Waals surface area contributed by atoms with E-state index in [0.717, 1.165) is 27.4 Å². The average Bonchev–Trinajstić information content (AvgIpc) is 2.77. The van der Waals surface area contributed by atoms with Gasteiger partial charge in [0.05, 0.1) is 19.1 Å². The van der Waals surface area contributed by atoms with Crippen molar-refractivity contribution in [2.45, 2.75) is 17.6 Å². The van der Waals surface area contributed by atoms with Crippen molar-refractivity contribution >= 4 is 50.7 Å². The lowest BCUT2D eigenvalue weighted by atomic mass is 10.1. The van der Waals surface area contributed by atoms with Crippen LogP contribution in [-0.2, 0) is 20.6 Å². The highest BCUT2D eigenvalue weighted by Gasteiger charge is 2.24. The molecule has 3 aromatic carbocycles. The number of nitrogens with zero attached hydrogens (tertiary/aromatic N) is 1. The topological polar surface area (TPSA) is 75.7 Å². The third-order valence-corrected chi connectivity index (χ3v) is 7.26. The van der Waals surface area contributed by atoms with E-state index in [4.69, 9.17) is 16.3 Å². The minimum absolute atomic E-state index is 0.202. The molecule has 0 unspecified atom stereocenters. The van der Waals surface area contributed by atoms with Crippen molar-refractivity contribution in [3.05, 3.63) is 82.9 Å². The molecule has 3 rings (SSSR count). The van der Waals surface area contributed by atoms with Crippen LogP contribution < -0.4 is 14.4 Å². The fourth-order valence-corrected chi connectivity index (χ4v) is 5.08. The van der Waals surface area contributed by atoms with Crippen LogP contribution in [0.2, 0.25) is 5.02 Å². The van der Waals surface area contributed by atoms with Crippen molar-refractivity contribution < 1.29 is 17.9 Å². The predicted octanol–water partition coefficient (Wildman–Crippen LogP) is 5.35. The van der Waals surface area contributed by atoms with Crippen LogP contribution in [0.5, 0.6) is 5.75 Å². The van der Waals surface area contributed by atoms with Gasteiger partial charge in [-0.25, -0.2) is 8.42 Å². The molecule has 0 radical (unpaired) electrons. The molecule has 0 saturated heterocycles. The molecule has 33 heavy (non-hydrogen) atoms. The summed E-state index contributed by atoms with van der Waals surface area (Å²) < 4.78 is 31.1. The van der Waals surface area contributed by atoms with Crippen molar-refractivity contribution in [1.29, 1.82) is 0 Å². The standard InChI is InChI=1S/C24H25ClN2O4S2/c1-17-13-18(16-32-20-7-5-4-6-8-20)9-11-21(17)26-24(28)15-27(33(3,29)30)22-14-19(25)10-12-23(22)31-2/h4-14H,15-16H2,1-3H3,(H,26,28). The molecule has 3 aromatic rings. The molecule has 174 valence electrons. The first-order valence-corrected chi connectivity index (χ1v) is 13.3. The highest BCUT2D eigenvalue weighted by Crippen LogP contribution is 2.33. The van der Waals surface area contributed by atoms with Crippen molar-refractivity contribution in [3.8, 4) is 5.75 Å². The van der Waals surface area contributed by atoms with Crippen LogP contribution in [0.15, 0.2) is 71.6 Å². The summed E-state index contributed by atoms with van der Waals surface area (Å²) in [5.74, 6) is 0.626. The summed E-state index contributed by atoms with van der Waals surface area (Å²) in [5.41, 5.74) is 2.84. The number of methoxy groups -OCH3 is 1. The number of amides is 1.